The number of aliphatic hydroxyl groups excluding tert-OH is 1. The summed E-state index contributed by atoms with van der Waals surface area (Å²) >= 11 is 0. The van der Waals surface area contributed by atoms with Crippen LogP contribution in [0.1, 0.15) is 39.5 Å². The first kappa shape index (κ1) is 11.4. The Hall–Kier alpha value is -0.570. The van der Waals surface area contributed by atoms with Gasteiger partial charge in [0.1, 0.15) is 0 Å². The van der Waals surface area contributed by atoms with Crippen LogP contribution in [0, 0.1) is 5.92 Å². The normalized spacial score (nSPS) is 28.6. The summed E-state index contributed by atoms with van der Waals surface area (Å²) in [5.41, 5.74) is 0. The van der Waals surface area contributed by atoms with Crippen LogP contribution in [0.25, 0.3) is 0 Å². The fourth-order valence-corrected chi connectivity index (χ4v) is 1.32. The van der Waals surface area contributed by atoms with Crippen molar-refractivity contribution in [1.82, 2.24) is 0 Å². The molecule has 3 nitrogen and oxygen atoms in total. The topological polar surface area (TPSA) is 57.5 Å². The Morgan fingerprint density at radius 3 is 1.92 bits per heavy atom. The second kappa shape index (κ2) is 6.00. The molecule has 72 valence electrons. The quantitative estimate of drug-likeness (QED) is 0.635. The van der Waals surface area contributed by atoms with Gasteiger partial charge in [-0.1, -0.05) is 13.8 Å². The Kier molecular flexibility index (Phi) is 5.72. The van der Waals surface area contributed by atoms with Gasteiger partial charge in [0.15, 0.2) is 0 Å². The molecule has 0 heterocycles. The lowest BCUT2D eigenvalue weighted by atomic mass is 9.88. The van der Waals surface area contributed by atoms with Crippen molar-refractivity contribution in [2.45, 2.75) is 45.6 Å². The van der Waals surface area contributed by atoms with Gasteiger partial charge in [0.05, 0.1) is 12.0 Å². The van der Waals surface area contributed by atoms with E-state index in [4.69, 9.17) is 10.2 Å². The molecule has 12 heavy (non-hydrogen) atoms. The van der Waals surface area contributed by atoms with Gasteiger partial charge in [-0.15, -0.1) is 0 Å². The van der Waals surface area contributed by atoms with Gasteiger partial charge in [-0.3, -0.25) is 4.79 Å². The van der Waals surface area contributed by atoms with Crippen LogP contribution in [-0.4, -0.2) is 22.3 Å². The van der Waals surface area contributed by atoms with E-state index in [2.05, 4.69) is 0 Å². The van der Waals surface area contributed by atoms with Crippen LogP contribution < -0.4 is 0 Å². The average Bonchev–Trinajstić information content (AvgIpc) is 2.09. The summed E-state index contributed by atoms with van der Waals surface area (Å²) in [6.45, 7) is 4.00. The van der Waals surface area contributed by atoms with E-state index in [0.717, 1.165) is 0 Å². The first-order chi connectivity index (χ1) is 5.70. The molecule has 1 rings (SSSR count). The van der Waals surface area contributed by atoms with Gasteiger partial charge in [-0.2, -0.15) is 0 Å². The number of carboxylic acid groups (broad SMARTS) is 1. The van der Waals surface area contributed by atoms with Crippen LogP contribution in [0.5, 0.6) is 0 Å². The standard InChI is InChI=1S/C7H12O3.C2H6/c8-6-3-1-5(2-4-6)7(9)10;1-2/h5-6,8H,1-4H2,(H,9,10);1-2H3. The lowest BCUT2D eigenvalue weighted by Crippen LogP contribution is -2.23. The van der Waals surface area contributed by atoms with Crippen molar-refractivity contribution in [3.8, 4) is 0 Å². The van der Waals surface area contributed by atoms with Gasteiger partial charge in [0.25, 0.3) is 0 Å². The minimum absolute atomic E-state index is 0.205. The molecule has 0 aliphatic heterocycles. The number of aliphatic carboxylic acids is 1. The molecule has 0 aromatic rings. The molecule has 0 saturated heterocycles. The second-order valence-corrected chi connectivity index (χ2v) is 2.84. The van der Waals surface area contributed by atoms with Gasteiger partial charge < -0.3 is 10.2 Å². The van der Waals surface area contributed by atoms with Crippen molar-refractivity contribution in [3.63, 3.8) is 0 Å². The van der Waals surface area contributed by atoms with Crippen LogP contribution in [0.2, 0.25) is 0 Å². The lowest BCUT2D eigenvalue weighted by molar-refractivity contribution is -0.143. The van der Waals surface area contributed by atoms with Crippen molar-refractivity contribution in [2.24, 2.45) is 5.92 Å². The SMILES string of the molecule is CC.O=C(O)C1CCC(O)CC1. The zero-order valence-electron chi connectivity index (χ0n) is 7.79. The molecule has 0 aromatic carbocycles. The highest BCUT2D eigenvalue weighted by molar-refractivity contribution is 5.69. The zero-order valence-corrected chi connectivity index (χ0v) is 7.79. The lowest BCUT2D eigenvalue weighted by Gasteiger charge is -2.21. The summed E-state index contributed by atoms with van der Waals surface area (Å²) in [6, 6.07) is 0. The van der Waals surface area contributed by atoms with E-state index < -0.39 is 5.97 Å². The highest BCUT2D eigenvalue weighted by Gasteiger charge is 2.24. The molecule has 0 bridgehead atoms. The smallest absolute Gasteiger partial charge is 0.306 e. The van der Waals surface area contributed by atoms with Crippen molar-refractivity contribution in [1.29, 1.82) is 0 Å². The van der Waals surface area contributed by atoms with Crippen LogP contribution in [0.15, 0.2) is 0 Å². The predicted molar refractivity (Wildman–Crippen MR) is 46.9 cm³/mol. The molecular formula is C9H18O3. The number of aliphatic hydroxyl groups is 1. The predicted octanol–water partition coefficient (Wildman–Crippen LogP) is 1.65. The van der Waals surface area contributed by atoms with E-state index >= 15 is 0 Å². The Morgan fingerprint density at radius 1 is 1.17 bits per heavy atom. The second-order valence-electron chi connectivity index (χ2n) is 2.84. The summed E-state index contributed by atoms with van der Waals surface area (Å²) in [4.78, 5) is 10.4. The first-order valence-electron chi connectivity index (χ1n) is 4.61. The van der Waals surface area contributed by atoms with Crippen molar-refractivity contribution in [3.05, 3.63) is 0 Å². The summed E-state index contributed by atoms with van der Waals surface area (Å²) in [5.74, 6) is -0.921. The van der Waals surface area contributed by atoms with E-state index in [1.54, 1.807) is 0 Å². The van der Waals surface area contributed by atoms with Gasteiger partial charge in [0.2, 0.25) is 0 Å². The molecule has 0 aromatic heterocycles. The molecule has 1 saturated carbocycles. The Balaban J connectivity index is 0.000000561. The zero-order chi connectivity index (χ0) is 9.56. The highest BCUT2D eigenvalue weighted by atomic mass is 16.4. The van der Waals surface area contributed by atoms with E-state index in [0.29, 0.717) is 25.7 Å². The third kappa shape index (κ3) is 3.72. The fraction of sp³-hybridized carbons (Fsp3) is 0.889. The first-order valence-corrected chi connectivity index (χ1v) is 4.61. The minimum Gasteiger partial charge on any atom is -0.481 e. The third-order valence-electron chi connectivity index (χ3n) is 2.05. The van der Waals surface area contributed by atoms with Crippen LogP contribution in [0.4, 0.5) is 0 Å². The molecule has 0 atom stereocenters. The average molecular weight is 174 g/mol. The number of rotatable bonds is 1. The maximum absolute atomic E-state index is 10.4. The molecule has 3 heteroatoms. The summed E-state index contributed by atoms with van der Waals surface area (Å²) in [5, 5.41) is 17.6. The third-order valence-corrected chi connectivity index (χ3v) is 2.05. The number of hydrogen-bond donors (Lipinski definition) is 2. The van der Waals surface area contributed by atoms with Crippen molar-refractivity contribution in [2.75, 3.05) is 0 Å². The number of carboxylic acids is 1. The molecule has 1 aliphatic carbocycles. The number of hydrogen-bond acceptors (Lipinski definition) is 2. The molecule has 0 spiro atoms. The van der Waals surface area contributed by atoms with E-state index in [-0.39, 0.29) is 12.0 Å². The molecule has 0 unspecified atom stereocenters. The maximum atomic E-state index is 10.4. The Bertz CT molecular complexity index is 126. The number of carbonyl (C=O) groups is 1. The molecule has 1 aliphatic rings. The highest BCUT2D eigenvalue weighted by Crippen LogP contribution is 2.23. The van der Waals surface area contributed by atoms with Crippen LogP contribution in [0.3, 0.4) is 0 Å². The minimum atomic E-state index is -0.716. The van der Waals surface area contributed by atoms with E-state index in [1.807, 2.05) is 13.8 Å². The fourth-order valence-electron chi connectivity index (χ4n) is 1.32. The molecule has 2 N–H and O–H groups in total. The summed E-state index contributed by atoms with van der Waals surface area (Å²) in [7, 11) is 0. The summed E-state index contributed by atoms with van der Waals surface area (Å²) in [6.07, 6.45) is 2.32. The van der Waals surface area contributed by atoms with Gasteiger partial charge >= 0.3 is 5.97 Å². The van der Waals surface area contributed by atoms with Crippen molar-refractivity contribution < 1.29 is 15.0 Å². The van der Waals surface area contributed by atoms with Gasteiger partial charge in [-0.25, -0.2) is 0 Å². The molecule has 0 amide bonds. The van der Waals surface area contributed by atoms with Crippen LogP contribution >= 0.6 is 0 Å². The van der Waals surface area contributed by atoms with Gasteiger partial charge in [-0.05, 0) is 25.7 Å². The Morgan fingerprint density at radius 2 is 1.58 bits per heavy atom. The molecule has 0 radical (unpaired) electrons. The van der Waals surface area contributed by atoms with Crippen LogP contribution in [-0.2, 0) is 4.79 Å². The molecule has 1 fully saturated rings. The van der Waals surface area contributed by atoms with E-state index in [9.17, 15) is 4.79 Å². The Labute approximate surface area is 73.4 Å². The van der Waals surface area contributed by atoms with E-state index in [1.165, 1.54) is 0 Å². The monoisotopic (exact) mass is 174 g/mol. The summed E-state index contributed by atoms with van der Waals surface area (Å²) < 4.78 is 0. The van der Waals surface area contributed by atoms with Crippen molar-refractivity contribution >= 4 is 5.97 Å². The molecular weight excluding hydrogens is 156 g/mol. The largest absolute Gasteiger partial charge is 0.481 e. The van der Waals surface area contributed by atoms with Gasteiger partial charge in [0, 0.05) is 0 Å². The maximum Gasteiger partial charge on any atom is 0.306 e.